The van der Waals surface area contributed by atoms with Crippen LogP contribution in [0.4, 0.5) is 13.2 Å². The molecular formula is C6H8F3NO2S. The summed E-state index contributed by atoms with van der Waals surface area (Å²) in [5.41, 5.74) is 0. The molecule has 0 spiro atoms. The molecule has 3 nitrogen and oxygen atoms in total. The van der Waals surface area contributed by atoms with Gasteiger partial charge in [0.15, 0.2) is 15.8 Å². The predicted octanol–water partition coefficient (Wildman–Crippen LogP) is 1.12. The van der Waals surface area contributed by atoms with E-state index in [-0.39, 0.29) is 5.75 Å². The van der Waals surface area contributed by atoms with Gasteiger partial charge in [0.2, 0.25) is 0 Å². The Morgan fingerprint density at radius 3 is 2.15 bits per heavy atom. The molecule has 0 heterocycles. The van der Waals surface area contributed by atoms with Crippen LogP contribution in [0.2, 0.25) is 0 Å². The molecule has 0 N–H and O–H groups in total. The third kappa shape index (κ3) is 4.12. The zero-order chi connectivity index (χ0) is 10.7. The van der Waals surface area contributed by atoms with Gasteiger partial charge in [-0.2, -0.15) is 18.4 Å². The Bertz CT molecular complexity index is 301. The average molecular weight is 215 g/mol. The number of nitriles is 1. The van der Waals surface area contributed by atoms with Crippen molar-refractivity contribution in [3.05, 3.63) is 0 Å². The van der Waals surface area contributed by atoms with Gasteiger partial charge >= 0.3 is 6.18 Å². The lowest BCUT2D eigenvalue weighted by Gasteiger charge is -2.12. The second kappa shape index (κ2) is 3.96. The highest BCUT2D eigenvalue weighted by atomic mass is 32.2. The zero-order valence-corrected chi connectivity index (χ0v) is 7.61. The lowest BCUT2D eigenvalue weighted by molar-refractivity contribution is -0.153. The Morgan fingerprint density at radius 2 is 1.92 bits per heavy atom. The minimum Gasteiger partial charge on any atom is -0.229 e. The van der Waals surface area contributed by atoms with E-state index >= 15 is 0 Å². The second-order valence-electron chi connectivity index (χ2n) is 2.42. The van der Waals surface area contributed by atoms with Crippen LogP contribution < -0.4 is 0 Å². The van der Waals surface area contributed by atoms with Crippen LogP contribution in [-0.4, -0.2) is 26.1 Å². The van der Waals surface area contributed by atoms with Gasteiger partial charge in [-0.05, 0) is 0 Å². The highest BCUT2D eigenvalue weighted by molar-refractivity contribution is 7.91. The fourth-order valence-electron chi connectivity index (χ4n) is 0.577. The number of alkyl halides is 3. The Hall–Kier alpha value is -0.770. The molecule has 0 aromatic heterocycles. The van der Waals surface area contributed by atoms with Crippen LogP contribution in [0.15, 0.2) is 0 Å². The van der Waals surface area contributed by atoms with Crippen LogP contribution in [0.25, 0.3) is 0 Å². The highest BCUT2D eigenvalue weighted by Crippen LogP contribution is 2.26. The summed E-state index contributed by atoms with van der Waals surface area (Å²) in [5, 5.41) is 8.09. The van der Waals surface area contributed by atoms with E-state index in [9.17, 15) is 21.6 Å². The van der Waals surface area contributed by atoms with Gasteiger partial charge in [-0.25, -0.2) is 8.42 Å². The van der Waals surface area contributed by atoms with Crippen molar-refractivity contribution in [2.75, 3.05) is 11.5 Å². The molecule has 0 rings (SSSR count). The topological polar surface area (TPSA) is 57.9 Å². The molecule has 0 saturated heterocycles. The van der Waals surface area contributed by atoms with Crippen molar-refractivity contribution in [1.82, 2.24) is 0 Å². The van der Waals surface area contributed by atoms with Crippen molar-refractivity contribution >= 4 is 9.84 Å². The summed E-state index contributed by atoms with van der Waals surface area (Å²) in [5.74, 6) is -3.96. The quantitative estimate of drug-likeness (QED) is 0.708. The number of halogens is 3. The summed E-state index contributed by atoms with van der Waals surface area (Å²) in [6, 6.07) is 0.928. The predicted molar refractivity (Wildman–Crippen MR) is 39.5 cm³/mol. The van der Waals surface area contributed by atoms with Crippen LogP contribution in [0.1, 0.15) is 6.92 Å². The maximum atomic E-state index is 11.9. The molecule has 0 bridgehead atoms. The molecule has 0 amide bonds. The van der Waals surface area contributed by atoms with E-state index in [1.807, 2.05) is 0 Å². The fraction of sp³-hybridized carbons (Fsp3) is 0.833. The smallest absolute Gasteiger partial charge is 0.229 e. The highest BCUT2D eigenvalue weighted by Gasteiger charge is 2.42. The maximum absolute atomic E-state index is 11.9. The summed E-state index contributed by atoms with van der Waals surface area (Å²) in [7, 11) is -3.76. The molecule has 0 aromatic carbocycles. The summed E-state index contributed by atoms with van der Waals surface area (Å²) >= 11 is 0. The van der Waals surface area contributed by atoms with Gasteiger partial charge in [0.25, 0.3) is 0 Å². The largest absolute Gasteiger partial charge is 0.405 e. The van der Waals surface area contributed by atoms with Crippen LogP contribution in [0, 0.1) is 17.2 Å². The van der Waals surface area contributed by atoms with Gasteiger partial charge in [0, 0.05) is 5.75 Å². The van der Waals surface area contributed by atoms with Gasteiger partial charge < -0.3 is 0 Å². The lowest BCUT2D eigenvalue weighted by Crippen LogP contribution is -2.29. The molecule has 0 aliphatic heterocycles. The summed E-state index contributed by atoms with van der Waals surface area (Å²) in [6.07, 6.45) is -4.77. The Morgan fingerprint density at radius 1 is 1.46 bits per heavy atom. The molecule has 0 aromatic rings. The second-order valence-corrected chi connectivity index (χ2v) is 4.82. The minimum absolute atomic E-state index is 0.388. The number of nitrogens with zero attached hydrogens (tertiary/aromatic N) is 1. The Kier molecular flexibility index (Phi) is 3.72. The van der Waals surface area contributed by atoms with Gasteiger partial charge in [-0.3, -0.25) is 0 Å². The lowest BCUT2D eigenvalue weighted by atomic mass is 10.2. The summed E-state index contributed by atoms with van der Waals surface area (Å²) in [6.45, 7) is 1.24. The summed E-state index contributed by atoms with van der Waals surface area (Å²) in [4.78, 5) is 0. The number of hydrogen-bond donors (Lipinski definition) is 0. The molecule has 0 fully saturated rings. The third-order valence-corrected chi connectivity index (χ3v) is 3.13. The molecule has 1 unspecified atom stereocenters. The first-order chi connectivity index (χ1) is 5.73. The Labute approximate surface area is 74.1 Å². The molecule has 0 saturated carbocycles. The molecule has 76 valence electrons. The first-order valence-corrected chi connectivity index (χ1v) is 5.22. The standard InChI is InChI=1S/C6H8F3NO2S/c1-2-13(11,12)4-5(3-10)6(7,8)9/h5H,2,4H2,1H3. The minimum atomic E-state index is -4.77. The maximum Gasteiger partial charge on any atom is 0.405 e. The van der Waals surface area contributed by atoms with Crippen molar-refractivity contribution in [3.63, 3.8) is 0 Å². The number of sulfone groups is 1. The van der Waals surface area contributed by atoms with Crippen molar-refractivity contribution in [3.8, 4) is 6.07 Å². The van der Waals surface area contributed by atoms with Crippen molar-refractivity contribution in [2.45, 2.75) is 13.1 Å². The van der Waals surface area contributed by atoms with E-state index < -0.39 is 27.7 Å². The third-order valence-electron chi connectivity index (χ3n) is 1.41. The number of rotatable bonds is 3. The van der Waals surface area contributed by atoms with Gasteiger partial charge in [0.1, 0.15) is 0 Å². The molecule has 0 aliphatic carbocycles. The number of hydrogen-bond acceptors (Lipinski definition) is 3. The van der Waals surface area contributed by atoms with Crippen molar-refractivity contribution < 1.29 is 21.6 Å². The average Bonchev–Trinajstić information content (AvgIpc) is 1.98. The van der Waals surface area contributed by atoms with Crippen LogP contribution in [0.5, 0.6) is 0 Å². The molecule has 0 radical (unpaired) electrons. The van der Waals surface area contributed by atoms with E-state index in [1.165, 1.54) is 6.92 Å². The van der Waals surface area contributed by atoms with Gasteiger partial charge in [0.05, 0.1) is 11.8 Å². The fourth-order valence-corrected chi connectivity index (χ4v) is 1.58. The van der Waals surface area contributed by atoms with E-state index in [0.29, 0.717) is 0 Å². The first kappa shape index (κ1) is 12.2. The SMILES string of the molecule is CCS(=O)(=O)CC(C#N)C(F)(F)F. The first-order valence-electron chi connectivity index (χ1n) is 3.39. The molecule has 1 atom stereocenters. The van der Waals surface area contributed by atoms with Crippen LogP contribution in [0.3, 0.4) is 0 Å². The van der Waals surface area contributed by atoms with E-state index in [1.54, 1.807) is 0 Å². The molecule has 7 heteroatoms. The zero-order valence-electron chi connectivity index (χ0n) is 6.80. The Balaban J connectivity index is 4.62. The monoisotopic (exact) mass is 215 g/mol. The molecule has 13 heavy (non-hydrogen) atoms. The van der Waals surface area contributed by atoms with E-state index in [4.69, 9.17) is 5.26 Å². The normalized spacial score (nSPS) is 15.0. The molecular weight excluding hydrogens is 207 g/mol. The van der Waals surface area contributed by atoms with Crippen LogP contribution in [-0.2, 0) is 9.84 Å². The van der Waals surface area contributed by atoms with E-state index in [2.05, 4.69) is 0 Å². The molecule has 0 aliphatic rings. The van der Waals surface area contributed by atoms with Gasteiger partial charge in [-0.15, -0.1) is 0 Å². The van der Waals surface area contributed by atoms with Crippen molar-refractivity contribution in [1.29, 1.82) is 5.26 Å². The van der Waals surface area contributed by atoms with Gasteiger partial charge in [-0.1, -0.05) is 6.92 Å². The van der Waals surface area contributed by atoms with Crippen LogP contribution >= 0.6 is 0 Å². The summed E-state index contributed by atoms with van der Waals surface area (Å²) < 4.78 is 57.2. The van der Waals surface area contributed by atoms with Crippen molar-refractivity contribution in [2.24, 2.45) is 5.92 Å². The van der Waals surface area contributed by atoms with E-state index in [0.717, 1.165) is 6.07 Å².